The fourth-order valence-electron chi connectivity index (χ4n) is 1.86. The summed E-state index contributed by atoms with van der Waals surface area (Å²) >= 11 is 3.46. The van der Waals surface area contributed by atoms with Crippen LogP contribution in [0.25, 0.3) is 0 Å². The summed E-state index contributed by atoms with van der Waals surface area (Å²) < 4.78 is 8.64. The van der Waals surface area contributed by atoms with Crippen LogP contribution in [0.3, 0.4) is 0 Å². The van der Waals surface area contributed by atoms with Crippen molar-refractivity contribution in [3.8, 4) is 5.75 Å². The lowest BCUT2D eigenvalue weighted by Gasteiger charge is -2.13. The van der Waals surface area contributed by atoms with Crippen LogP contribution in [0.2, 0.25) is 0 Å². The highest BCUT2D eigenvalue weighted by Crippen LogP contribution is 2.28. The van der Waals surface area contributed by atoms with Crippen LogP contribution in [0.4, 0.5) is 0 Å². The number of nitrogens with two attached hydrogens (primary N) is 1. The number of aryl methyl sites for hydroxylation is 2. The summed E-state index contributed by atoms with van der Waals surface area (Å²) in [5.74, 6) is 0.865. The molecule has 4 nitrogen and oxygen atoms in total. The van der Waals surface area contributed by atoms with Crippen LogP contribution in [0.15, 0.2) is 29.0 Å². The van der Waals surface area contributed by atoms with E-state index in [-0.39, 0.29) is 0 Å². The normalized spacial score (nSPS) is 10.7. The van der Waals surface area contributed by atoms with E-state index in [4.69, 9.17) is 10.5 Å². The van der Waals surface area contributed by atoms with Gasteiger partial charge in [0.05, 0.1) is 6.20 Å². The van der Waals surface area contributed by atoms with E-state index in [0.717, 1.165) is 26.9 Å². The van der Waals surface area contributed by atoms with Crippen LogP contribution in [-0.2, 0) is 20.2 Å². The van der Waals surface area contributed by atoms with Gasteiger partial charge in [0.15, 0.2) is 0 Å². The maximum absolute atomic E-state index is 5.86. The van der Waals surface area contributed by atoms with Gasteiger partial charge < -0.3 is 10.5 Å². The maximum Gasteiger partial charge on any atom is 0.127 e. The zero-order valence-electron chi connectivity index (χ0n) is 10.5. The Morgan fingerprint density at radius 1 is 1.44 bits per heavy atom. The van der Waals surface area contributed by atoms with E-state index in [9.17, 15) is 0 Å². The second-order valence-corrected chi connectivity index (χ2v) is 5.14. The van der Waals surface area contributed by atoms with E-state index in [1.807, 2.05) is 32.3 Å². The van der Waals surface area contributed by atoms with Crippen molar-refractivity contribution in [2.75, 3.05) is 0 Å². The summed E-state index contributed by atoms with van der Waals surface area (Å²) in [5, 5.41) is 4.11. The van der Waals surface area contributed by atoms with Gasteiger partial charge in [-0.1, -0.05) is 15.9 Å². The van der Waals surface area contributed by atoms with E-state index in [1.165, 1.54) is 0 Å². The minimum Gasteiger partial charge on any atom is -0.488 e. The lowest BCUT2D eigenvalue weighted by atomic mass is 10.1. The lowest BCUT2D eigenvalue weighted by molar-refractivity contribution is 0.300. The Labute approximate surface area is 115 Å². The minimum absolute atomic E-state index is 0.461. The van der Waals surface area contributed by atoms with Gasteiger partial charge >= 0.3 is 0 Å². The van der Waals surface area contributed by atoms with Gasteiger partial charge in [-0.2, -0.15) is 5.10 Å². The molecule has 0 spiro atoms. The van der Waals surface area contributed by atoms with Gasteiger partial charge in [0.2, 0.25) is 0 Å². The van der Waals surface area contributed by atoms with E-state index < -0.39 is 0 Å². The number of aromatic nitrogens is 2. The van der Waals surface area contributed by atoms with Crippen LogP contribution < -0.4 is 10.5 Å². The summed E-state index contributed by atoms with van der Waals surface area (Å²) in [7, 11) is 1.89. The van der Waals surface area contributed by atoms with Crippen molar-refractivity contribution >= 4 is 15.9 Å². The third-order valence-electron chi connectivity index (χ3n) is 2.68. The number of hydrogen-bond acceptors (Lipinski definition) is 3. The smallest absolute Gasteiger partial charge is 0.127 e. The first kappa shape index (κ1) is 13.1. The van der Waals surface area contributed by atoms with Crippen molar-refractivity contribution in [3.63, 3.8) is 0 Å². The van der Waals surface area contributed by atoms with Crippen LogP contribution in [-0.4, -0.2) is 9.78 Å². The number of ether oxygens (including phenoxy) is 1. The first-order valence-corrected chi connectivity index (χ1v) is 6.49. The fraction of sp³-hybridized carbons (Fsp3) is 0.308. The molecule has 0 bridgehead atoms. The van der Waals surface area contributed by atoms with Gasteiger partial charge in [-0.15, -0.1) is 0 Å². The van der Waals surface area contributed by atoms with Crippen LogP contribution in [0.5, 0.6) is 5.75 Å². The van der Waals surface area contributed by atoms with Crippen molar-refractivity contribution in [1.82, 2.24) is 9.78 Å². The molecule has 0 amide bonds. The summed E-state index contributed by atoms with van der Waals surface area (Å²) in [5.41, 5.74) is 8.87. The van der Waals surface area contributed by atoms with Gasteiger partial charge in [-0.05, 0) is 24.6 Å². The topological polar surface area (TPSA) is 53.1 Å². The molecule has 18 heavy (non-hydrogen) atoms. The number of rotatable bonds is 4. The molecule has 2 aromatic rings. The Morgan fingerprint density at radius 3 is 2.83 bits per heavy atom. The van der Waals surface area contributed by atoms with Crippen LogP contribution in [0.1, 0.15) is 16.7 Å². The number of nitrogens with zero attached hydrogens (tertiary/aromatic N) is 2. The molecule has 0 aliphatic heterocycles. The van der Waals surface area contributed by atoms with Crippen molar-refractivity contribution < 1.29 is 4.74 Å². The van der Waals surface area contributed by atoms with Gasteiger partial charge in [0, 0.05) is 35.4 Å². The highest BCUT2D eigenvalue weighted by atomic mass is 79.9. The van der Waals surface area contributed by atoms with E-state index in [2.05, 4.69) is 21.0 Å². The van der Waals surface area contributed by atoms with Crippen molar-refractivity contribution in [2.24, 2.45) is 12.8 Å². The Hall–Kier alpha value is -1.33. The third kappa shape index (κ3) is 2.91. The molecule has 0 aliphatic carbocycles. The summed E-state index contributed by atoms with van der Waals surface area (Å²) in [6.07, 6.45) is 3.74. The Kier molecular flexibility index (Phi) is 4.04. The first-order valence-electron chi connectivity index (χ1n) is 5.69. The molecule has 5 heteroatoms. The Bertz CT molecular complexity index is 551. The predicted octanol–water partition coefficient (Wildman–Crippen LogP) is 2.53. The molecule has 0 fully saturated rings. The van der Waals surface area contributed by atoms with Gasteiger partial charge in [-0.3, -0.25) is 4.68 Å². The standard InChI is InChI=1S/C13H16BrN3O/c1-9-3-12(14)4-11(5-15)13(9)18-8-10-6-16-17(2)7-10/h3-4,6-7H,5,8,15H2,1-2H3. The molecule has 0 saturated carbocycles. The summed E-state index contributed by atoms with van der Waals surface area (Å²) in [6.45, 7) is 2.98. The number of hydrogen-bond donors (Lipinski definition) is 1. The number of halogens is 1. The summed E-state index contributed by atoms with van der Waals surface area (Å²) in [4.78, 5) is 0. The Balaban J connectivity index is 2.18. The van der Waals surface area contributed by atoms with Crippen molar-refractivity contribution in [1.29, 1.82) is 0 Å². The van der Waals surface area contributed by atoms with Crippen LogP contribution in [0, 0.1) is 6.92 Å². The van der Waals surface area contributed by atoms with E-state index in [1.54, 1.807) is 10.9 Å². The summed E-state index contributed by atoms with van der Waals surface area (Å²) in [6, 6.07) is 4.02. The first-order chi connectivity index (χ1) is 8.60. The molecule has 96 valence electrons. The predicted molar refractivity (Wildman–Crippen MR) is 74.3 cm³/mol. The highest BCUT2D eigenvalue weighted by molar-refractivity contribution is 9.10. The second-order valence-electron chi connectivity index (χ2n) is 4.23. The monoisotopic (exact) mass is 309 g/mol. The molecule has 1 aromatic heterocycles. The van der Waals surface area contributed by atoms with E-state index in [0.29, 0.717) is 13.2 Å². The molecular weight excluding hydrogens is 294 g/mol. The molecule has 1 heterocycles. The lowest BCUT2D eigenvalue weighted by Crippen LogP contribution is -2.04. The average Bonchev–Trinajstić information content (AvgIpc) is 2.73. The highest BCUT2D eigenvalue weighted by Gasteiger charge is 2.08. The molecular formula is C13H16BrN3O. The van der Waals surface area contributed by atoms with Crippen molar-refractivity contribution in [2.45, 2.75) is 20.1 Å². The third-order valence-corrected chi connectivity index (χ3v) is 3.14. The molecule has 2 rings (SSSR count). The van der Waals surface area contributed by atoms with Gasteiger partial charge in [-0.25, -0.2) is 0 Å². The van der Waals surface area contributed by atoms with Crippen LogP contribution >= 0.6 is 15.9 Å². The molecule has 0 radical (unpaired) electrons. The largest absolute Gasteiger partial charge is 0.488 e. The van der Waals surface area contributed by atoms with E-state index >= 15 is 0 Å². The zero-order chi connectivity index (χ0) is 13.1. The second kappa shape index (κ2) is 5.54. The molecule has 1 aromatic carbocycles. The molecule has 2 N–H and O–H groups in total. The molecule has 0 saturated heterocycles. The fourth-order valence-corrected chi connectivity index (χ4v) is 2.48. The average molecular weight is 310 g/mol. The SMILES string of the molecule is Cc1cc(Br)cc(CN)c1OCc1cnn(C)c1. The van der Waals surface area contributed by atoms with Crippen molar-refractivity contribution in [3.05, 3.63) is 45.7 Å². The Morgan fingerprint density at radius 2 is 2.22 bits per heavy atom. The molecule has 0 unspecified atom stereocenters. The van der Waals surface area contributed by atoms with Gasteiger partial charge in [0.1, 0.15) is 12.4 Å². The quantitative estimate of drug-likeness (QED) is 0.944. The maximum atomic E-state index is 5.86. The minimum atomic E-state index is 0.461. The zero-order valence-corrected chi connectivity index (χ0v) is 12.1. The molecule has 0 aliphatic rings. The molecule has 0 atom stereocenters. The van der Waals surface area contributed by atoms with Gasteiger partial charge in [0.25, 0.3) is 0 Å². The number of benzene rings is 1.